The Hall–Kier alpha value is -2.98. The number of hydrogen-bond donors (Lipinski definition) is 1. The molecule has 7 nitrogen and oxygen atoms in total. The van der Waals surface area contributed by atoms with Crippen LogP contribution in [0.25, 0.3) is 11.0 Å². The van der Waals surface area contributed by atoms with Crippen molar-refractivity contribution >= 4 is 32.6 Å². The molecular formula is C22H22F2N2O5S. The molecule has 10 heteroatoms. The van der Waals surface area contributed by atoms with Gasteiger partial charge in [-0.05, 0) is 50.1 Å². The molecule has 0 aliphatic carbocycles. The van der Waals surface area contributed by atoms with Crippen LogP contribution >= 0.6 is 0 Å². The average Bonchev–Trinajstić information content (AvgIpc) is 3.06. The van der Waals surface area contributed by atoms with Gasteiger partial charge in [0.25, 0.3) is 15.9 Å². The number of ether oxygens (including phenoxy) is 1. The summed E-state index contributed by atoms with van der Waals surface area (Å²) in [6.45, 7) is 6.67. The predicted molar refractivity (Wildman–Crippen MR) is 114 cm³/mol. The van der Waals surface area contributed by atoms with Crippen LogP contribution in [0.15, 0.2) is 33.6 Å². The molecule has 1 saturated heterocycles. The van der Waals surface area contributed by atoms with Crippen LogP contribution in [0.3, 0.4) is 0 Å². The maximum atomic E-state index is 14.1. The van der Waals surface area contributed by atoms with E-state index in [1.54, 1.807) is 31.7 Å². The zero-order chi connectivity index (χ0) is 23.2. The van der Waals surface area contributed by atoms with Crippen LogP contribution in [0.5, 0.6) is 0 Å². The van der Waals surface area contributed by atoms with Crippen molar-refractivity contribution in [2.24, 2.45) is 0 Å². The normalized spacial score (nSPS) is 14.7. The number of morpholine rings is 1. The van der Waals surface area contributed by atoms with Crippen LogP contribution in [0.4, 0.5) is 14.5 Å². The number of aryl methyl sites for hydroxylation is 2. The molecule has 4 rings (SSSR count). The summed E-state index contributed by atoms with van der Waals surface area (Å²) in [7, 11) is -4.33. The van der Waals surface area contributed by atoms with Gasteiger partial charge in [0.1, 0.15) is 16.5 Å². The van der Waals surface area contributed by atoms with E-state index in [-0.39, 0.29) is 22.1 Å². The van der Waals surface area contributed by atoms with E-state index >= 15 is 0 Å². The van der Waals surface area contributed by atoms with Crippen molar-refractivity contribution in [3.05, 3.63) is 58.4 Å². The molecule has 1 aliphatic rings. The molecule has 0 spiro atoms. The zero-order valence-corrected chi connectivity index (χ0v) is 18.6. The molecule has 1 amide bonds. The topological polar surface area (TPSA) is 88.9 Å². The van der Waals surface area contributed by atoms with E-state index in [0.29, 0.717) is 54.4 Å². The van der Waals surface area contributed by atoms with Gasteiger partial charge in [-0.2, -0.15) is 0 Å². The molecule has 1 aliphatic heterocycles. The van der Waals surface area contributed by atoms with Gasteiger partial charge in [-0.15, -0.1) is 0 Å². The second-order valence-electron chi connectivity index (χ2n) is 7.71. The summed E-state index contributed by atoms with van der Waals surface area (Å²) in [4.78, 5) is 14.4. The molecule has 2 heterocycles. The molecule has 0 saturated carbocycles. The lowest BCUT2D eigenvalue weighted by Gasteiger charge is -2.26. The van der Waals surface area contributed by atoms with Crippen LogP contribution in [-0.4, -0.2) is 45.5 Å². The number of rotatable bonds is 4. The first-order valence-corrected chi connectivity index (χ1v) is 11.5. The number of fused-ring (bicyclic) bond motifs is 1. The van der Waals surface area contributed by atoms with E-state index in [0.717, 1.165) is 12.1 Å². The fourth-order valence-electron chi connectivity index (χ4n) is 3.75. The second kappa shape index (κ2) is 8.18. The largest absolute Gasteiger partial charge is 0.449 e. The van der Waals surface area contributed by atoms with Gasteiger partial charge < -0.3 is 14.1 Å². The third-order valence-electron chi connectivity index (χ3n) is 5.63. The number of carbonyl (C=O) groups is 1. The van der Waals surface area contributed by atoms with Crippen molar-refractivity contribution in [3.63, 3.8) is 0 Å². The van der Waals surface area contributed by atoms with Crippen LogP contribution in [0.1, 0.15) is 27.2 Å². The maximum Gasteiger partial charge on any atom is 0.290 e. The van der Waals surface area contributed by atoms with Crippen LogP contribution < -0.4 is 4.72 Å². The highest BCUT2D eigenvalue weighted by molar-refractivity contribution is 7.93. The Kier molecular flexibility index (Phi) is 5.68. The van der Waals surface area contributed by atoms with E-state index in [1.807, 2.05) is 0 Å². The van der Waals surface area contributed by atoms with E-state index in [1.165, 1.54) is 0 Å². The Balaban J connectivity index is 1.85. The lowest BCUT2D eigenvalue weighted by atomic mass is 10.0. The summed E-state index contributed by atoms with van der Waals surface area (Å²) in [6, 6.07) is 4.31. The van der Waals surface area contributed by atoms with Crippen molar-refractivity contribution in [2.45, 2.75) is 25.7 Å². The SMILES string of the molecule is Cc1cc2c(C)c(C(=O)N3CCOCC3)oc2c(S(=O)(=O)Nc2ccc(F)cc2F)c1C. The van der Waals surface area contributed by atoms with Crippen LogP contribution in [0, 0.1) is 32.4 Å². The molecule has 0 radical (unpaired) electrons. The van der Waals surface area contributed by atoms with E-state index in [9.17, 15) is 22.0 Å². The number of halogens is 2. The molecule has 1 fully saturated rings. The number of nitrogens with zero attached hydrogens (tertiary/aromatic N) is 1. The van der Waals surface area contributed by atoms with Gasteiger partial charge in [0.2, 0.25) is 0 Å². The Morgan fingerprint density at radius 3 is 2.41 bits per heavy atom. The minimum absolute atomic E-state index is 0.0113. The molecule has 3 aromatic rings. The number of amides is 1. The highest BCUT2D eigenvalue weighted by atomic mass is 32.2. The number of sulfonamides is 1. The summed E-state index contributed by atoms with van der Waals surface area (Å²) in [5.41, 5.74) is 1.19. The first-order chi connectivity index (χ1) is 15.1. The van der Waals surface area contributed by atoms with Crippen LogP contribution in [-0.2, 0) is 14.8 Å². The molecule has 32 heavy (non-hydrogen) atoms. The Labute approximate surface area is 184 Å². The van der Waals surface area contributed by atoms with Gasteiger partial charge in [0, 0.05) is 30.1 Å². The minimum Gasteiger partial charge on any atom is -0.449 e. The maximum absolute atomic E-state index is 14.1. The average molecular weight is 464 g/mol. The number of carbonyl (C=O) groups excluding carboxylic acids is 1. The van der Waals surface area contributed by atoms with E-state index < -0.39 is 27.3 Å². The number of furan rings is 1. The third kappa shape index (κ3) is 3.84. The van der Waals surface area contributed by atoms with E-state index in [2.05, 4.69) is 4.72 Å². The highest BCUT2D eigenvalue weighted by Gasteiger charge is 2.30. The van der Waals surface area contributed by atoms with Gasteiger partial charge in [0.05, 0.1) is 18.9 Å². The molecule has 0 atom stereocenters. The number of nitrogens with one attached hydrogen (secondary N) is 1. The summed E-state index contributed by atoms with van der Waals surface area (Å²) < 4.78 is 67.2. The van der Waals surface area contributed by atoms with Gasteiger partial charge in [-0.25, -0.2) is 17.2 Å². The number of hydrogen-bond acceptors (Lipinski definition) is 5. The Morgan fingerprint density at radius 2 is 1.75 bits per heavy atom. The standard InChI is InChI=1S/C22H22F2N2O5S/c1-12-10-16-14(3)19(22(27)26-6-8-30-9-7-26)31-20(16)21(13(12)2)32(28,29)25-18-5-4-15(23)11-17(18)24/h4-5,10-11,25H,6-9H2,1-3H3. The van der Waals surface area contributed by atoms with Crippen molar-refractivity contribution in [1.82, 2.24) is 4.90 Å². The Morgan fingerprint density at radius 1 is 1.06 bits per heavy atom. The smallest absolute Gasteiger partial charge is 0.290 e. The molecule has 170 valence electrons. The fourth-order valence-corrected chi connectivity index (χ4v) is 5.27. The van der Waals surface area contributed by atoms with Gasteiger partial charge in [-0.1, -0.05) is 0 Å². The van der Waals surface area contributed by atoms with Crippen molar-refractivity contribution in [1.29, 1.82) is 0 Å². The van der Waals surface area contributed by atoms with Crippen molar-refractivity contribution < 1.29 is 31.1 Å². The first-order valence-electron chi connectivity index (χ1n) is 9.98. The monoisotopic (exact) mass is 464 g/mol. The quantitative estimate of drug-likeness (QED) is 0.633. The molecule has 2 aromatic carbocycles. The summed E-state index contributed by atoms with van der Waals surface area (Å²) in [6.07, 6.45) is 0. The van der Waals surface area contributed by atoms with Gasteiger partial charge >= 0.3 is 0 Å². The summed E-state index contributed by atoms with van der Waals surface area (Å²) in [5.74, 6) is -2.17. The Bertz CT molecular complexity index is 1330. The third-order valence-corrected chi connectivity index (χ3v) is 7.15. The summed E-state index contributed by atoms with van der Waals surface area (Å²) in [5, 5.41) is 0.477. The summed E-state index contributed by atoms with van der Waals surface area (Å²) >= 11 is 0. The first kappa shape index (κ1) is 22.2. The molecule has 1 N–H and O–H groups in total. The lowest BCUT2D eigenvalue weighted by molar-refractivity contribution is 0.0283. The molecular weight excluding hydrogens is 442 g/mol. The van der Waals surface area contributed by atoms with E-state index in [4.69, 9.17) is 9.15 Å². The van der Waals surface area contributed by atoms with Gasteiger partial charge in [-0.3, -0.25) is 9.52 Å². The zero-order valence-electron chi connectivity index (χ0n) is 17.8. The predicted octanol–water partition coefficient (Wildman–Crippen LogP) is 3.91. The lowest BCUT2D eigenvalue weighted by Crippen LogP contribution is -2.40. The van der Waals surface area contributed by atoms with Gasteiger partial charge in [0.15, 0.2) is 11.3 Å². The van der Waals surface area contributed by atoms with Crippen molar-refractivity contribution in [2.75, 3.05) is 31.0 Å². The minimum atomic E-state index is -4.33. The highest BCUT2D eigenvalue weighted by Crippen LogP contribution is 2.36. The molecule has 0 bridgehead atoms. The fraction of sp³-hybridized carbons (Fsp3) is 0.318. The second-order valence-corrected chi connectivity index (χ2v) is 9.33. The number of anilines is 1. The number of benzene rings is 2. The van der Waals surface area contributed by atoms with Crippen LogP contribution in [0.2, 0.25) is 0 Å². The molecule has 0 unspecified atom stereocenters. The molecule has 1 aromatic heterocycles. The van der Waals surface area contributed by atoms with Crippen molar-refractivity contribution in [3.8, 4) is 0 Å².